The van der Waals surface area contributed by atoms with Gasteiger partial charge in [0.1, 0.15) is 6.61 Å². The maximum atomic E-state index is 13.0. The third-order valence-electron chi connectivity index (χ3n) is 7.01. The molecular weight excluding hydrogens is 304 g/mol. The van der Waals surface area contributed by atoms with Crippen molar-refractivity contribution in [3.8, 4) is 0 Å². The van der Waals surface area contributed by atoms with Crippen LogP contribution in [0.5, 0.6) is 0 Å². The molecule has 1 aromatic heterocycles. The second-order valence-corrected chi connectivity index (χ2v) is 7.89. The molecule has 2 bridgehead atoms. The lowest BCUT2D eigenvalue weighted by Crippen LogP contribution is -2.63. The molecule has 1 saturated heterocycles. The minimum atomic E-state index is -0.557. The molecule has 1 aliphatic heterocycles. The zero-order chi connectivity index (χ0) is 16.9. The number of furan rings is 1. The topological polar surface area (TPSA) is 56.5 Å². The van der Waals surface area contributed by atoms with Crippen LogP contribution >= 0.6 is 0 Å². The van der Waals surface area contributed by atoms with E-state index in [2.05, 4.69) is 6.92 Å². The van der Waals surface area contributed by atoms with Crippen LogP contribution in [0, 0.1) is 22.7 Å². The first kappa shape index (κ1) is 15.7. The summed E-state index contributed by atoms with van der Waals surface area (Å²) in [6.45, 7) is 4.64. The van der Waals surface area contributed by atoms with Gasteiger partial charge in [0.2, 0.25) is 0 Å². The molecule has 1 saturated carbocycles. The van der Waals surface area contributed by atoms with Crippen molar-refractivity contribution in [1.29, 1.82) is 0 Å². The maximum absolute atomic E-state index is 13.0. The summed E-state index contributed by atoms with van der Waals surface area (Å²) in [5.74, 6) is 0.361. The van der Waals surface area contributed by atoms with E-state index < -0.39 is 5.41 Å². The van der Waals surface area contributed by atoms with Gasteiger partial charge in [-0.05, 0) is 62.1 Å². The van der Waals surface area contributed by atoms with Crippen molar-refractivity contribution in [3.63, 3.8) is 0 Å². The molecule has 4 nitrogen and oxygen atoms in total. The van der Waals surface area contributed by atoms with Crippen LogP contribution in [0.4, 0.5) is 0 Å². The second kappa shape index (κ2) is 5.33. The van der Waals surface area contributed by atoms with E-state index >= 15 is 0 Å². The fraction of sp³-hybridized carbons (Fsp3) is 0.600. The van der Waals surface area contributed by atoms with Gasteiger partial charge >= 0.3 is 5.97 Å². The van der Waals surface area contributed by atoms with Gasteiger partial charge in [-0.2, -0.15) is 0 Å². The first-order valence-corrected chi connectivity index (χ1v) is 8.89. The number of hydrogen-bond donors (Lipinski definition) is 0. The van der Waals surface area contributed by atoms with Crippen molar-refractivity contribution in [1.82, 2.24) is 0 Å². The molecule has 4 heteroatoms. The summed E-state index contributed by atoms with van der Waals surface area (Å²) in [5.41, 5.74) is 1.51. The summed E-state index contributed by atoms with van der Waals surface area (Å²) in [7, 11) is 0. The molecule has 4 rings (SSSR count). The molecule has 3 aliphatic rings. The van der Waals surface area contributed by atoms with Crippen LogP contribution in [-0.2, 0) is 20.7 Å². The molecule has 0 aromatic carbocycles. The number of hydrogen-bond acceptors (Lipinski definition) is 4. The summed E-state index contributed by atoms with van der Waals surface area (Å²) in [6.07, 6.45) is 9.18. The number of ketones is 1. The number of rotatable bonds is 3. The van der Waals surface area contributed by atoms with E-state index in [4.69, 9.17) is 9.15 Å². The molecule has 0 N–H and O–H groups in total. The average molecular weight is 328 g/mol. The van der Waals surface area contributed by atoms with Crippen LogP contribution in [0.15, 0.2) is 34.7 Å². The smallest absolute Gasteiger partial charge is 0.312 e. The zero-order valence-corrected chi connectivity index (χ0v) is 14.3. The highest BCUT2D eigenvalue weighted by atomic mass is 16.5. The Balaban J connectivity index is 1.77. The van der Waals surface area contributed by atoms with Gasteiger partial charge in [-0.25, -0.2) is 0 Å². The van der Waals surface area contributed by atoms with Crippen molar-refractivity contribution < 1.29 is 18.7 Å². The summed E-state index contributed by atoms with van der Waals surface area (Å²) in [5, 5.41) is 0. The van der Waals surface area contributed by atoms with Crippen LogP contribution in [0.3, 0.4) is 0 Å². The number of cyclic esters (lactones) is 1. The highest BCUT2D eigenvalue weighted by molar-refractivity contribution is 5.93. The van der Waals surface area contributed by atoms with E-state index in [1.54, 1.807) is 18.6 Å². The molecule has 4 atom stereocenters. The number of carbonyl (C=O) groups is 2. The van der Waals surface area contributed by atoms with Gasteiger partial charge in [0.05, 0.1) is 17.9 Å². The zero-order valence-electron chi connectivity index (χ0n) is 14.3. The molecule has 1 aromatic rings. The Hall–Kier alpha value is -1.84. The number of ether oxygens (including phenoxy) is 1. The van der Waals surface area contributed by atoms with Crippen molar-refractivity contribution in [2.75, 3.05) is 6.61 Å². The van der Waals surface area contributed by atoms with Crippen molar-refractivity contribution >= 4 is 11.8 Å². The third kappa shape index (κ3) is 1.98. The largest absolute Gasteiger partial charge is 0.472 e. The van der Waals surface area contributed by atoms with Crippen LogP contribution < -0.4 is 0 Å². The lowest BCUT2D eigenvalue weighted by atomic mass is 9.44. The Morgan fingerprint density at radius 1 is 1.33 bits per heavy atom. The van der Waals surface area contributed by atoms with E-state index in [1.165, 1.54) is 0 Å². The van der Waals surface area contributed by atoms with E-state index in [0.29, 0.717) is 13.0 Å². The third-order valence-corrected chi connectivity index (χ3v) is 7.01. The van der Waals surface area contributed by atoms with Gasteiger partial charge in [0, 0.05) is 11.8 Å². The fourth-order valence-corrected chi connectivity index (χ4v) is 5.50. The highest BCUT2D eigenvalue weighted by Crippen LogP contribution is 2.64. The Morgan fingerprint density at radius 3 is 2.92 bits per heavy atom. The SMILES string of the molecule is CC1=CC(=O)C[C@@H]2[C@@]13CC[C@@H](C)[C@@]2(CCc1ccoc1)C(=O)OC3. The molecule has 24 heavy (non-hydrogen) atoms. The molecular formula is C20H24O4. The van der Waals surface area contributed by atoms with Crippen molar-refractivity contribution in [2.45, 2.75) is 46.0 Å². The van der Waals surface area contributed by atoms with Crippen LogP contribution in [0.2, 0.25) is 0 Å². The van der Waals surface area contributed by atoms with E-state index in [0.717, 1.165) is 36.8 Å². The first-order chi connectivity index (χ1) is 11.5. The Bertz CT molecular complexity index is 701. The van der Waals surface area contributed by atoms with Crippen LogP contribution in [-0.4, -0.2) is 18.4 Å². The Morgan fingerprint density at radius 2 is 2.17 bits per heavy atom. The number of carbonyl (C=O) groups excluding carboxylic acids is 2. The first-order valence-electron chi connectivity index (χ1n) is 8.89. The summed E-state index contributed by atoms with van der Waals surface area (Å²) < 4.78 is 10.9. The second-order valence-electron chi connectivity index (χ2n) is 7.89. The van der Waals surface area contributed by atoms with E-state index in [1.807, 2.05) is 13.0 Å². The summed E-state index contributed by atoms with van der Waals surface area (Å²) >= 11 is 0. The number of esters is 1. The number of aryl methyl sites for hydroxylation is 1. The number of allylic oxidation sites excluding steroid dienone is 1. The molecule has 0 unspecified atom stereocenters. The molecule has 0 radical (unpaired) electrons. The normalized spacial score (nSPS) is 38.3. The summed E-state index contributed by atoms with van der Waals surface area (Å²) in [6, 6.07) is 1.95. The molecule has 2 aliphatic carbocycles. The summed E-state index contributed by atoms with van der Waals surface area (Å²) in [4.78, 5) is 25.3. The van der Waals surface area contributed by atoms with Gasteiger partial charge in [-0.3, -0.25) is 9.59 Å². The fourth-order valence-electron chi connectivity index (χ4n) is 5.50. The predicted molar refractivity (Wildman–Crippen MR) is 88.1 cm³/mol. The van der Waals surface area contributed by atoms with Crippen molar-refractivity contribution in [2.24, 2.45) is 22.7 Å². The van der Waals surface area contributed by atoms with E-state index in [-0.39, 0.29) is 29.0 Å². The van der Waals surface area contributed by atoms with E-state index in [9.17, 15) is 9.59 Å². The molecule has 2 heterocycles. The highest BCUT2D eigenvalue weighted by Gasteiger charge is 2.65. The average Bonchev–Trinajstić information content (AvgIpc) is 3.06. The van der Waals surface area contributed by atoms with Crippen LogP contribution in [0.1, 0.15) is 45.1 Å². The quantitative estimate of drug-likeness (QED) is 0.794. The lowest BCUT2D eigenvalue weighted by molar-refractivity contribution is -0.204. The molecule has 0 spiro atoms. The maximum Gasteiger partial charge on any atom is 0.312 e. The van der Waals surface area contributed by atoms with Gasteiger partial charge in [-0.1, -0.05) is 12.5 Å². The Labute approximate surface area is 142 Å². The predicted octanol–water partition coefficient (Wildman–Crippen LogP) is 3.71. The lowest BCUT2D eigenvalue weighted by Gasteiger charge is -2.61. The Kier molecular flexibility index (Phi) is 3.48. The molecule has 0 amide bonds. The monoisotopic (exact) mass is 328 g/mol. The van der Waals surface area contributed by atoms with Crippen LogP contribution in [0.25, 0.3) is 0 Å². The standard InChI is InChI=1S/C20H24O4/c1-13-3-6-19-12-24-18(22)20(13,7-4-15-5-8-23-11-15)17(19)10-16(21)9-14(19)2/h5,8-9,11,13,17H,3-4,6-7,10,12H2,1-2H3/t13-,17-,19-,20-/m1/s1. The van der Waals surface area contributed by atoms with Gasteiger partial charge in [0.15, 0.2) is 5.78 Å². The van der Waals surface area contributed by atoms with Gasteiger partial charge in [-0.15, -0.1) is 0 Å². The minimum Gasteiger partial charge on any atom is -0.472 e. The van der Waals surface area contributed by atoms with Crippen molar-refractivity contribution in [3.05, 3.63) is 35.8 Å². The molecule has 128 valence electrons. The van der Waals surface area contributed by atoms with Gasteiger partial charge < -0.3 is 9.15 Å². The molecule has 2 fully saturated rings. The minimum absolute atomic E-state index is 0.0689. The van der Waals surface area contributed by atoms with Gasteiger partial charge in [0.25, 0.3) is 0 Å².